The Hall–Kier alpha value is -2.22. The summed E-state index contributed by atoms with van der Waals surface area (Å²) in [4.78, 5) is 12.9. The molecule has 21 heavy (non-hydrogen) atoms. The van der Waals surface area contributed by atoms with Gasteiger partial charge in [0.25, 0.3) is 5.91 Å². The summed E-state index contributed by atoms with van der Waals surface area (Å²) in [5.74, 6) is -0.362. The zero-order valence-corrected chi connectivity index (χ0v) is 12.5. The molecule has 0 saturated carbocycles. The fourth-order valence-corrected chi connectivity index (χ4v) is 2.59. The first-order chi connectivity index (χ1) is 10.2. The molecule has 1 amide bonds. The van der Waals surface area contributed by atoms with E-state index >= 15 is 0 Å². The molecule has 0 atom stereocenters. The molecule has 104 valence electrons. The number of nitrogens with zero attached hydrogens (tertiary/aromatic N) is 1. The molecule has 2 aromatic carbocycles. The van der Waals surface area contributed by atoms with Gasteiger partial charge in [-0.25, -0.2) is 0 Å². The van der Waals surface area contributed by atoms with Gasteiger partial charge in [-0.2, -0.15) is 5.26 Å². The smallest absolute Gasteiger partial charge is 0.256 e. The van der Waals surface area contributed by atoms with Crippen molar-refractivity contribution in [1.29, 1.82) is 5.26 Å². The topological polar surface area (TPSA) is 52.9 Å². The van der Waals surface area contributed by atoms with Crippen LogP contribution in [0, 0.1) is 11.3 Å². The summed E-state index contributed by atoms with van der Waals surface area (Å²) in [6.07, 6.45) is 0. The fraction of sp³-hybridized carbons (Fsp3) is 0. The number of amides is 1. The van der Waals surface area contributed by atoms with Gasteiger partial charge in [0.05, 0.1) is 0 Å². The van der Waals surface area contributed by atoms with E-state index in [2.05, 4.69) is 5.32 Å². The van der Waals surface area contributed by atoms with Crippen molar-refractivity contribution < 1.29 is 4.79 Å². The van der Waals surface area contributed by atoms with Crippen LogP contribution in [0.1, 0.15) is 10.4 Å². The normalized spacial score (nSPS) is 11.2. The number of nitriles is 1. The highest BCUT2D eigenvalue weighted by atomic mass is 35.5. The molecule has 0 aliphatic carbocycles. The molecule has 0 fully saturated rings. The van der Waals surface area contributed by atoms with Crippen molar-refractivity contribution in [2.45, 2.75) is 4.90 Å². The number of thioether (sulfide) groups is 1. The summed E-state index contributed by atoms with van der Waals surface area (Å²) in [5.41, 5.74) is 0.513. The average molecular weight is 315 g/mol. The van der Waals surface area contributed by atoms with Crippen LogP contribution in [-0.2, 0) is 0 Å². The van der Waals surface area contributed by atoms with Gasteiger partial charge in [0.2, 0.25) is 0 Å². The van der Waals surface area contributed by atoms with Crippen LogP contribution in [0.3, 0.4) is 0 Å². The maximum absolute atomic E-state index is 12.0. The Morgan fingerprint density at radius 1 is 1.05 bits per heavy atom. The minimum absolute atomic E-state index is 0.0411. The van der Waals surface area contributed by atoms with E-state index in [4.69, 9.17) is 16.9 Å². The molecule has 0 bridgehead atoms. The second kappa shape index (κ2) is 7.53. The number of hydrogen-bond donors (Lipinski definition) is 1. The molecule has 0 aromatic heterocycles. The lowest BCUT2D eigenvalue weighted by molar-refractivity contribution is 0.0967. The molecule has 0 aliphatic heterocycles. The number of halogens is 1. The largest absolute Gasteiger partial charge is 0.311 e. The van der Waals surface area contributed by atoms with Crippen LogP contribution in [0.4, 0.5) is 0 Å². The summed E-state index contributed by atoms with van der Waals surface area (Å²) in [7, 11) is 0. The van der Waals surface area contributed by atoms with Gasteiger partial charge in [-0.05, 0) is 24.3 Å². The highest BCUT2D eigenvalue weighted by Crippen LogP contribution is 2.30. The van der Waals surface area contributed by atoms with Gasteiger partial charge >= 0.3 is 0 Å². The van der Waals surface area contributed by atoms with Crippen molar-refractivity contribution in [3.05, 3.63) is 76.3 Å². The molecule has 1 N–H and O–H groups in total. The van der Waals surface area contributed by atoms with Gasteiger partial charge in [-0.15, -0.1) is 0 Å². The number of allylic oxidation sites excluding steroid dienone is 1. The molecule has 0 unspecified atom stereocenters. The highest BCUT2D eigenvalue weighted by molar-refractivity contribution is 8.04. The molecular weight excluding hydrogens is 304 g/mol. The van der Waals surface area contributed by atoms with E-state index in [0.29, 0.717) is 5.56 Å². The molecule has 2 aromatic rings. The van der Waals surface area contributed by atoms with Crippen LogP contribution in [0.5, 0.6) is 0 Å². The van der Waals surface area contributed by atoms with Gasteiger partial charge in [0.1, 0.15) is 16.1 Å². The number of hydrogen-bond acceptors (Lipinski definition) is 3. The first kappa shape index (κ1) is 15.2. The average Bonchev–Trinajstić information content (AvgIpc) is 2.54. The second-order valence-corrected chi connectivity index (χ2v) is 5.68. The van der Waals surface area contributed by atoms with E-state index in [1.807, 2.05) is 42.5 Å². The lowest BCUT2D eigenvalue weighted by Crippen LogP contribution is -2.22. The van der Waals surface area contributed by atoms with E-state index < -0.39 is 0 Å². The predicted octanol–water partition coefficient (Wildman–Crippen LogP) is 4.14. The number of benzene rings is 2. The maximum atomic E-state index is 12.0. The van der Waals surface area contributed by atoms with Crippen molar-refractivity contribution in [1.82, 2.24) is 5.32 Å². The van der Waals surface area contributed by atoms with Gasteiger partial charge in [-0.1, -0.05) is 59.8 Å². The second-order valence-electron chi connectivity index (χ2n) is 4.00. The zero-order valence-electron chi connectivity index (χ0n) is 10.9. The molecule has 3 nitrogen and oxygen atoms in total. The van der Waals surface area contributed by atoms with Crippen LogP contribution < -0.4 is 5.32 Å². The van der Waals surface area contributed by atoms with E-state index in [1.54, 1.807) is 24.3 Å². The highest BCUT2D eigenvalue weighted by Gasteiger charge is 2.11. The van der Waals surface area contributed by atoms with E-state index in [9.17, 15) is 4.79 Å². The number of carbonyl (C=O) groups excluding carboxylic acids is 1. The Balaban J connectivity index is 2.14. The Morgan fingerprint density at radius 3 is 2.19 bits per heavy atom. The third-order valence-corrected chi connectivity index (χ3v) is 3.85. The van der Waals surface area contributed by atoms with Crippen LogP contribution in [0.15, 0.2) is 75.6 Å². The van der Waals surface area contributed by atoms with Crippen molar-refractivity contribution in [3.63, 3.8) is 0 Å². The van der Waals surface area contributed by atoms with Gasteiger partial charge < -0.3 is 5.32 Å². The summed E-state index contributed by atoms with van der Waals surface area (Å²) in [5, 5.41) is 11.7. The van der Waals surface area contributed by atoms with E-state index in [0.717, 1.165) is 4.90 Å². The minimum Gasteiger partial charge on any atom is -0.311 e. The molecule has 0 saturated heterocycles. The molecular formula is C16H11ClN2OS. The Kier molecular flexibility index (Phi) is 5.44. The summed E-state index contributed by atoms with van der Waals surface area (Å²) >= 11 is 7.34. The molecule has 5 heteroatoms. The predicted molar refractivity (Wildman–Crippen MR) is 84.7 cm³/mol. The Morgan fingerprint density at radius 2 is 1.62 bits per heavy atom. The van der Waals surface area contributed by atoms with Gasteiger partial charge in [-0.3, -0.25) is 4.79 Å². The van der Waals surface area contributed by atoms with E-state index in [-0.39, 0.29) is 16.0 Å². The number of rotatable bonds is 4. The van der Waals surface area contributed by atoms with Crippen molar-refractivity contribution in [3.8, 4) is 6.07 Å². The maximum Gasteiger partial charge on any atom is 0.256 e. The van der Waals surface area contributed by atoms with Crippen molar-refractivity contribution in [2.75, 3.05) is 0 Å². The minimum atomic E-state index is -0.362. The van der Waals surface area contributed by atoms with Crippen LogP contribution >= 0.6 is 23.4 Å². The van der Waals surface area contributed by atoms with Gasteiger partial charge in [0.15, 0.2) is 0 Å². The van der Waals surface area contributed by atoms with Gasteiger partial charge in [0, 0.05) is 10.5 Å². The zero-order chi connectivity index (χ0) is 15.1. The molecule has 0 spiro atoms. The fourth-order valence-electron chi connectivity index (χ4n) is 1.54. The standard InChI is InChI=1S/C16H11ClN2OS/c17-15(21-13-9-5-2-6-10-13)14(11-18)19-16(20)12-7-3-1-4-8-12/h1-10H,(H,19,20)/b15-14+. The third kappa shape index (κ3) is 4.38. The number of nitrogens with one attached hydrogen (secondary N) is 1. The molecule has 0 radical (unpaired) electrons. The lowest BCUT2D eigenvalue weighted by Gasteiger charge is -2.06. The van der Waals surface area contributed by atoms with Crippen LogP contribution in [0.2, 0.25) is 0 Å². The number of carbonyl (C=O) groups is 1. The molecule has 0 heterocycles. The van der Waals surface area contributed by atoms with Crippen molar-refractivity contribution in [2.24, 2.45) is 0 Å². The van der Waals surface area contributed by atoms with E-state index in [1.165, 1.54) is 11.8 Å². The Labute approximate surface area is 132 Å². The third-order valence-electron chi connectivity index (χ3n) is 2.53. The summed E-state index contributed by atoms with van der Waals surface area (Å²) < 4.78 is 0.230. The first-order valence-electron chi connectivity index (χ1n) is 6.10. The van der Waals surface area contributed by atoms with Crippen LogP contribution in [-0.4, -0.2) is 5.91 Å². The summed E-state index contributed by atoms with van der Waals surface area (Å²) in [6, 6.07) is 20.0. The molecule has 2 rings (SSSR count). The van der Waals surface area contributed by atoms with Crippen molar-refractivity contribution >= 4 is 29.3 Å². The monoisotopic (exact) mass is 314 g/mol. The lowest BCUT2D eigenvalue weighted by atomic mass is 10.2. The molecule has 0 aliphatic rings. The summed E-state index contributed by atoms with van der Waals surface area (Å²) in [6.45, 7) is 0. The SMILES string of the molecule is N#C/C(NC(=O)c1ccccc1)=C(/Cl)Sc1ccccc1. The van der Waals surface area contributed by atoms with Crippen LogP contribution in [0.25, 0.3) is 0 Å². The quantitative estimate of drug-likeness (QED) is 0.681. The first-order valence-corrected chi connectivity index (χ1v) is 7.29. The Bertz CT molecular complexity index is 693.